The van der Waals surface area contributed by atoms with Gasteiger partial charge in [0, 0.05) is 41.3 Å². The number of anilines is 1. The minimum Gasteiger partial charge on any atom is -0.383 e. The molecule has 59 heavy (non-hydrogen) atoms. The number of amides is 1. The first-order chi connectivity index (χ1) is 27.5. The van der Waals surface area contributed by atoms with Crippen molar-refractivity contribution >= 4 is 32.7 Å². The molecular weight excluding hydrogens is 805 g/mol. The molecule has 0 radical (unpaired) electrons. The lowest BCUT2D eigenvalue weighted by molar-refractivity contribution is -0.123. The number of carbonyl (C=O) groups is 1. The highest BCUT2D eigenvalue weighted by atomic mass is 32.2. The zero-order valence-corrected chi connectivity index (χ0v) is 32.7. The zero-order chi connectivity index (χ0) is 42.6. The molecule has 0 bridgehead atoms. The third kappa shape index (κ3) is 7.64. The summed E-state index contributed by atoms with van der Waals surface area (Å²) >= 11 is 0. The fourth-order valence-electron chi connectivity index (χ4n) is 7.98. The Labute approximate surface area is 333 Å². The Morgan fingerprint density at radius 2 is 1.75 bits per heavy atom. The Morgan fingerprint density at radius 3 is 2.37 bits per heavy atom. The summed E-state index contributed by atoms with van der Waals surface area (Å²) in [7, 11) is -2.62. The summed E-state index contributed by atoms with van der Waals surface area (Å²) in [5, 5.41) is 32.4. The second-order valence-electron chi connectivity index (χ2n) is 16.0. The summed E-state index contributed by atoms with van der Waals surface area (Å²) in [6, 6.07) is 6.70. The van der Waals surface area contributed by atoms with Gasteiger partial charge in [0.05, 0.1) is 34.6 Å². The number of alkyl halides is 4. The number of fused-ring (bicyclic) bond motifs is 4. The van der Waals surface area contributed by atoms with Crippen molar-refractivity contribution in [3.63, 3.8) is 0 Å². The maximum atomic E-state index is 15.7. The number of sulfonamides is 1. The summed E-state index contributed by atoms with van der Waals surface area (Å²) in [5.74, 6) is -2.55. The number of nitrogens with one attached hydrogen (secondary N) is 2. The smallest absolute Gasteiger partial charge is 0.293 e. The van der Waals surface area contributed by atoms with E-state index in [1.54, 1.807) is 0 Å². The quantitative estimate of drug-likeness (QED) is 0.0954. The Balaban J connectivity index is 1.29. The van der Waals surface area contributed by atoms with Crippen LogP contribution in [0.5, 0.6) is 0 Å². The number of aliphatic hydroxyl groups is 2. The molecule has 3 aromatic heterocycles. The molecule has 0 unspecified atom stereocenters. The third-order valence-corrected chi connectivity index (χ3v) is 11.2. The average Bonchev–Trinajstić information content (AvgIpc) is 4.00. The first-order valence-corrected chi connectivity index (χ1v) is 20.4. The molecule has 12 nitrogen and oxygen atoms in total. The maximum absolute atomic E-state index is 15.7. The number of halogens is 6. The van der Waals surface area contributed by atoms with Crippen LogP contribution < -0.4 is 10.0 Å². The van der Waals surface area contributed by atoms with Gasteiger partial charge in [-0.2, -0.15) is 19.0 Å². The van der Waals surface area contributed by atoms with E-state index in [2.05, 4.69) is 32.1 Å². The van der Waals surface area contributed by atoms with Gasteiger partial charge in [-0.25, -0.2) is 31.0 Å². The molecule has 2 aromatic carbocycles. The second-order valence-corrected chi connectivity index (χ2v) is 17.7. The van der Waals surface area contributed by atoms with Crippen LogP contribution in [-0.2, 0) is 46.4 Å². The summed E-state index contributed by atoms with van der Waals surface area (Å²) in [6.45, 7) is 2.11. The van der Waals surface area contributed by atoms with Crippen molar-refractivity contribution in [2.75, 3.05) is 11.0 Å². The summed E-state index contributed by atoms with van der Waals surface area (Å²) in [6.07, 6.45) is -1.72. The van der Waals surface area contributed by atoms with E-state index in [0.717, 1.165) is 29.1 Å². The van der Waals surface area contributed by atoms with E-state index in [1.807, 2.05) is 0 Å². The van der Waals surface area contributed by atoms with E-state index in [4.69, 9.17) is 4.98 Å². The van der Waals surface area contributed by atoms with Gasteiger partial charge in [-0.3, -0.25) is 18.9 Å². The molecule has 3 atom stereocenters. The SMILES string of the molecule is Cn1nc(NS(C)(=O)=O)c2c(C(F)F)ccc(-c3ccc(C#CC(C)(C)O)nc3[C@H](Cc3cc(F)cc(F)c3)NC(=O)Cn3nc(C4(O)CC4)c4c3C(F)(F)[C@@H]3C[C@H]43)c21. The van der Waals surface area contributed by atoms with E-state index in [9.17, 15) is 41.0 Å². The second kappa shape index (κ2) is 13.8. The van der Waals surface area contributed by atoms with E-state index in [-0.39, 0.29) is 68.9 Å². The van der Waals surface area contributed by atoms with Crippen molar-refractivity contribution in [2.45, 2.75) is 81.6 Å². The first kappa shape index (κ1) is 40.3. The van der Waals surface area contributed by atoms with Gasteiger partial charge in [0.15, 0.2) is 5.82 Å². The van der Waals surface area contributed by atoms with E-state index in [0.29, 0.717) is 18.9 Å². The van der Waals surface area contributed by atoms with Crippen molar-refractivity contribution in [3.05, 3.63) is 93.6 Å². The van der Waals surface area contributed by atoms with Gasteiger partial charge < -0.3 is 15.5 Å². The van der Waals surface area contributed by atoms with E-state index >= 15 is 8.78 Å². The highest BCUT2D eigenvalue weighted by Gasteiger charge is 2.68. The molecule has 3 heterocycles. The fourth-order valence-corrected chi connectivity index (χ4v) is 8.48. The van der Waals surface area contributed by atoms with E-state index < -0.39 is 86.8 Å². The number of aromatic nitrogens is 5. The van der Waals surface area contributed by atoms with Crippen molar-refractivity contribution in [3.8, 4) is 23.0 Å². The predicted octanol–water partition coefficient (Wildman–Crippen LogP) is 5.83. The Bertz CT molecular complexity index is 2730. The number of hydrogen-bond donors (Lipinski definition) is 4. The van der Waals surface area contributed by atoms with Crippen LogP contribution in [0.1, 0.15) is 91.0 Å². The van der Waals surface area contributed by atoms with Crippen LogP contribution in [0, 0.1) is 29.4 Å². The number of hydrogen-bond acceptors (Lipinski definition) is 8. The van der Waals surface area contributed by atoms with Gasteiger partial charge in [0.25, 0.3) is 12.3 Å². The minimum atomic E-state index is -4.01. The molecule has 2 fully saturated rings. The number of carbonyl (C=O) groups excluding carboxylic acids is 1. The molecule has 0 spiro atoms. The lowest BCUT2D eigenvalue weighted by Gasteiger charge is -2.23. The summed E-state index contributed by atoms with van der Waals surface area (Å²) in [5.41, 5.74) is -3.09. The Hall–Kier alpha value is -5.45. The predicted molar refractivity (Wildman–Crippen MR) is 202 cm³/mol. The van der Waals surface area contributed by atoms with Crippen LogP contribution in [-0.4, -0.2) is 60.9 Å². The molecule has 8 rings (SSSR count). The Kier molecular flexibility index (Phi) is 9.44. The first-order valence-electron chi connectivity index (χ1n) is 18.5. The molecule has 2 saturated carbocycles. The zero-order valence-electron chi connectivity index (χ0n) is 31.9. The molecule has 19 heteroatoms. The molecule has 0 saturated heterocycles. The van der Waals surface area contributed by atoms with Crippen LogP contribution in [0.25, 0.3) is 22.0 Å². The van der Waals surface area contributed by atoms with Crippen LogP contribution in [0.3, 0.4) is 0 Å². The topological polar surface area (TPSA) is 164 Å². The average molecular weight is 842 g/mol. The van der Waals surface area contributed by atoms with Crippen LogP contribution in [0.15, 0.2) is 42.5 Å². The van der Waals surface area contributed by atoms with Crippen LogP contribution in [0.4, 0.5) is 32.2 Å². The maximum Gasteiger partial charge on any atom is 0.293 e. The van der Waals surface area contributed by atoms with E-state index in [1.165, 1.54) is 43.8 Å². The normalized spacial score (nSPS) is 19.2. The minimum absolute atomic E-state index is 0.0210. The molecule has 4 N–H and O–H groups in total. The monoisotopic (exact) mass is 841 g/mol. The molecular formula is C40H37F6N7O5S. The molecule has 0 aliphatic heterocycles. The lowest BCUT2D eigenvalue weighted by atomic mass is 9.92. The van der Waals surface area contributed by atoms with Crippen molar-refractivity contribution in [2.24, 2.45) is 13.0 Å². The van der Waals surface area contributed by atoms with Gasteiger partial charge in [-0.1, -0.05) is 18.1 Å². The highest BCUT2D eigenvalue weighted by molar-refractivity contribution is 7.92. The van der Waals surface area contributed by atoms with Gasteiger partial charge in [0.1, 0.15) is 40.8 Å². The highest BCUT2D eigenvalue weighted by Crippen LogP contribution is 2.69. The third-order valence-electron chi connectivity index (χ3n) is 10.7. The number of rotatable bonds is 11. The number of aryl methyl sites for hydroxylation is 1. The van der Waals surface area contributed by atoms with Gasteiger partial charge in [0.2, 0.25) is 15.9 Å². The molecule has 310 valence electrons. The standard InChI is InChI=1S/C40H37F6N7O5S/c1-38(2,55)10-9-22-5-6-23(24-7-8-25(36(43)44)30-33(24)52(3)50-37(30)51-59(4,57)58)32(47-22)28(15-19-13-20(41)16-21(42)14-19)48-29(54)18-53-35-31(26-17-27(26)40(35,45)46)34(49-53)39(56)11-12-39/h5-8,13-14,16,26-28,36,55-56H,11-12,15,17-18H2,1-4H3,(H,48,54)(H,50,51)/t26-,27+,28-/m0/s1. The summed E-state index contributed by atoms with van der Waals surface area (Å²) in [4.78, 5) is 18.8. The molecule has 5 aromatic rings. The molecule has 1 amide bonds. The van der Waals surface area contributed by atoms with Gasteiger partial charge in [-0.05, 0) is 81.2 Å². The summed E-state index contributed by atoms with van der Waals surface area (Å²) < 4.78 is 118. The van der Waals surface area contributed by atoms with Crippen molar-refractivity contribution in [1.82, 2.24) is 29.9 Å². The van der Waals surface area contributed by atoms with Crippen molar-refractivity contribution in [1.29, 1.82) is 0 Å². The number of pyridine rings is 1. The lowest BCUT2D eigenvalue weighted by Crippen LogP contribution is -2.35. The van der Waals surface area contributed by atoms with Crippen molar-refractivity contribution < 1.29 is 49.8 Å². The number of benzene rings is 2. The fraction of sp³-hybridized carbons (Fsp3) is 0.400. The van der Waals surface area contributed by atoms with Crippen LogP contribution >= 0.6 is 0 Å². The van der Waals surface area contributed by atoms with Gasteiger partial charge >= 0.3 is 0 Å². The Morgan fingerprint density at radius 1 is 1.07 bits per heavy atom. The largest absolute Gasteiger partial charge is 0.383 e. The van der Waals surface area contributed by atoms with Crippen LogP contribution in [0.2, 0.25) is 0 Å². The molecule has 3 aliphatic carbocycles. The molecule has 3 aliphatic rings. The van der Waals surface area contributed by atoms with Gasteiger partial charge in [-0.15, -0.1) is 0 Å². The number of nitrogens with zero attached hydrogens (tertiary/aromatic N) is 5.